The van der Waals surface area contributed by atoms with Gasteiger partial charge in [-0.2, -0.15) is 0 Å². The molecule has 1 fully saturated rings. The van der Waals surface area contributed by atoms with E-state index < -0.39 is 18.0 Å². The van der Waals surface area contributed by atoms with Crippen molar-refractivity contribution in [1.29, 1.82) is 0 Å². The highest BCUT2D eigenvalue weighted by Crippen LogP contribution is 2.25. The molecule has 2 amide bonds. The zero-order chi connectivity index (χ0) is 23.2. The number of oxime groups is 1. The van der Waals surface area contributed by atoms with Crippen LogP contribution in [-0.2, 0) is 21.0 Å². The Kier molecular flexibility index (Phi) is 6.68. The van der Waals surface area contributed by atoms with E-state index in [-0.39, 0.29) is 19.0 Å². The van der Waals surface area contributed by atoms with E-state index in [0.29, 0.717) is 18.0 Å². The van der Waals surface area contributed by atoms with E-state index in [0.717, 1.165) is 11.1 Å². The van der Waals surface area contributed by atoms with E-state index in [9.17, 15) is 14.0 Å². The maximum Gasteiger partial charge on any atom is 0.414 e. The van der Waals surface area contributed by atoms with Gasteiger partial charge in [0.1, 0.15) is 18.5 Å². The topological polar surface area (TPSA) is 85.2 Å². The van der Waals surface area contributed by atoms with Gasteiger partial charge >= 0.3 is 6.09 Å². The Morgan fingerprint density at radius 3 is 2.85 bits per heavy atom. The Morgan fingerprint density at radius 2 is 2.09 bits per heavy atom. The predicted molar refractivity (Wildman–Crippen MR) is 121 cm³/mol. The fraction of sp³-hybridized carbons (Fsp3) is 0.208. The Balaban J connectivity index is 1.38. The number of benzene rings is 2. The molecule has 2 aromatic carbocycles. The van der Waals surface area contributed by atoms with Crippen molar-refractivity contribution in [3.05, 3.63) is 83.9 Å². The molecule has 1 aliphatic heterocycles. The van der Waals surface area contributed by atoms with Gasteiger partial charge < -0.3 is 19.5 Å². The fourth-order valence-corrected chi connectivity index (χ4v) is 3.39. The third-order valence-corrected chi connectivity index (χ3v) is 5.04. The average Bonchev–Trinajstić information content (AvgIpc) is 3.42. The summed E-state index contributed by atoms with van der Waals surface area (Å²) in [4.78, 5) is 29.8. The summed E-state index contributed by atoms with van der Waals surface area (Å²) in [6, 6.07) is 16.0. The number of hydrogen-bond acceptors (Lipinski definition) is 5. The summed E-state index contributed by atoms with van der Waals surface area (Å²) in [6.07, 6.45) is 3.93. The van der Waals surface area contributed by atoms with Gasteiger partial charge in [0.15, 0.2) is 0 Å². The fourth-order valence-electron chi connectivity index (χ4n) is 3.39. The Bertz CT molecular complexity index is 1160. The summed E-state index contributed by atoms with van der Waals surface area (Å²) in [5.74, 6) is -0.705. The van der Waals surface area contributed by atoms with Gasteiger partial charge in [-0.3, -0.25) is 9.69 Å². The number of nitrogens with zero attached hydrogens (tertiary/aromatic N) is 3. The van der Waals surface area contributed by atoms with Crippen molar-refractivity contribution in [3.63, 3.8) is 0 Å². The molecule has 0 unspecified atom stereocenters. The molecule has 0 bridgehead atoms. The first-order valence-electron chi connectivity index (χ1n) is 10.4. The maximum atomic E-state index is 14.9. The van der Waals surface area contributed by atoms with E-state index in [4.69, 9.17) is 9.57 Å². The van der Waals surface area contributed by atoms with Crippen LogP contribution in [0.4, 0.5) is 14.9 Å². The lowest BCUT2D eigenvalue weighted by Crippen LogP contribution is -2.33. The van der Waals surface area contributed by atoms with Crippen molar-refractivity contribution >= 4 is 23.9 Å². The summed E-state index contributed by atoms with van der Waals surface area (Å²) >= 11 is 0. The van der Waals surface area contributed by atoms with Crippen molar-refractivity contribution in [2.45, 2.75) is 19.6 Å². The number of rotatable bonds is 8. The number of carbonyl (C=O) groups is 2. The molecule has 1 aromatic heterocycles. The van der Waals surface area contributed by atoms with Crippen LogP contribution < -0.4 is 10.2 Å². The van der Waals surface area contributed by atoms with Crippen LogP contribution in [0.3, 0.4) is 0 Å². The second kappa shape index (κ2) is 9.99. The predicted octanol–water partition coefficient (Wildman–Crippen LogP) is 3.63. The zero-order valence-electron chi connectivity index (χ0n) is 18.0. The lowest BCUT2D eigenvalue weighted by molar-refractivity contribution is -0.119. The van der Waals surface area contributed by atoms with E-state index in [1.54, 1.807) is 41.4 Å². The van der Waals surface area contributed by atoms with Crippen LogP contribution in [0.15, 0.2) is 72.1 Å². The van der Waals surface area contributed by atoms with Gasteiger partial charge in [0, 0.05) is 24.9 Å². The van der Waals surface area contributed by atoms with Crippen LogP contribution >= 0.6 is 0 Å². The minimum atomic E-state index is -0.576. The molecule has 33 heavy (non-hydrogen) atoms. The van der Waals surface area contributed by atoms with E-state index in [1.807, 2.05) is 30.3 Å². The molecule has 1 atom stereocenters. The highest BCUT2D eigenvalue weighted by atomic mass is 19.1. The SMILES string of the molecule is CC(=O)NC[C@H]1CN(c2ccc(-n3ccc(C=NOCc4ccccc4)c3)c(F)c2)C(=O)O1. The molecular formula is C24H23FN4O4. The zero-order valence-corrected chi connectivity index (χ0v) is 18.0. The van der Waals surface area contributed by atoms with Crippen molar-refractivity contribution in [2.24, 2.45) is 5.16 Å². The van der Waals surface area contributed by atoms with Crippen LogP contribution in [0, 0.1) is 5.82 Å². The molecular weight excluding hydrogens is 427 g/mol. The van der Waals surface area contributed by atoms with Crippen LogP contribution in [0.1, 0.15) is 18.1 Å². The van der Waals surface area contributed by atoms with Gasteiger partial charge in [-0.15, -0.1) is 0 Å². The second-order valence-corrected chi connectivity index (χ2v) is 7.53. The molecule has 0 saturated carbocycles. The Hall–Kier alpha value is -4.14. The molecule has 4 rings (SSSR count). The second-order valence-electron chi connectivity index (χ2n) is 7.53. The highest BCUT2D eigenvalue weighted by molar-refractivity contribution is 5.90. The molecule has 8 nitrogen and oxygen atoms in total. The Morgan fingerprint density at radius 1 is 1.27 bits per heavy atom. The molecule has 1 N–H and O–H groups in total. The van der Waals surface area contributed by atoms with Gasteiger partial charge in [-0.05, 0) is 29.8 Å². The minimum absolute atomic E-state index is 0.209. The summed E-state index contributed by atoms with van der Waals surface area (Å²) in [7, 11) is 0. The number of hydrogen-bond donors (Lipinski definition) is 1. The first-order valence-corrected chi connectivity index (χ1v) is 10.4. The van der Waals surface area contributed by atoms with Gasteiger partial charge in [-0.1, -0.05) is 35.5 Å². The van der Waals surface area contributed by atoms with Crippen LogP contribution in [0.2, 0.25) is 0 Å². The van der Waals surface area contributed by atoms with E-state index in [2.05, 4.69) is 10.5 Å². The lowest BCUT2D eigenvalue weighted by atomic mass is 10.2. The van der Waals surface area contributed by atoms with Gasteiger partial charge in [0.05, 0.1) is 30.7 Å². The number of halogens is 1. The average molecular weight is 450 g/mol. The monoisotopic (exact) mass is 450 g/mol. The quantitative estimate of drug-likeness (QED) is 0.420. The summed E-state index contributed by atoms with van der Waals surface area (Å²) in [6.45, 7) is 2.18. The first-order chi connectivity index (χ1) is 16.0. The molecule has 9 heteroatoms. The smallest absolute Gasteiger partial charge is 0.414 e. The van der Waals surface area contributed by atoms with Crippen LogP contribution in [-0.4, -0.2) is 42.0 Å². The molecule has 2 heterocycles. The van der Waals surface area contributed by atoms with Gasteiger partial charge in [-0.25, -0.2) is 9.18 Å². The summed E-state index contributed by atoms with van der Waals surface area (Å²) in [5, 5.41) is 6.57. The van der Waals surface area contributed by atoms with Crippen molar-refractivity contribution in [1.82, 2.24) is 9.88 Å². The number of ether oxygens (including phenoxy) is 1. The number of nitrogens with one attached hydrogen (secondary N) is 1. The molecule has 0 aliphatic carbocycles. The molecule has 1 saturated heterocycles. The van der Waals surface area contributed by atoms with Crippen molar-refractivity contribution in [3.8, 4) is 5.69 Å². The number of aromatic nitrogens is 1. The van der Waals surface area contributed by atoms with Gasteiger partial charge in [0.2, 0.25) is 5.91 Å². The molecule has 170 valence electrons. The van der Waals surface area contributed by atoms with Crippen LogP contribution in [0.5, 0.6) is 0 Å². The molecule has 0 radical (unpaired) electrons. The number of amides is 2. The molecule has 0 spiro atoms. The largest absolute Gasteiger partial charge is 0.442 e. The van der Waals surface area contributed by atoms with Crippen molar-refractivity contribution < 1.29 is 23.6 Å². The third kappa shape index (κ3) is 5.57. The number of carbonyl (C=O) groups excluding carboxylic acids is 2. The summed E-state index contributed by atoms with van der Waals surface area (Å²) in [5.41, 5.74) is 2.47. The van der Waals surface area contributed by atoms with Crippen LogP contribution in [0.25, 0.3) is 5.69 Å². The number of anilines is 1. The Labute approximate surface area is 190 Å². The number of cyclic esters (lactones) is 1. The summed E-state index contributed by atoms with van der Waals surface area (Å²) < 4.78 is 21.7. The highest BCUT2D eigenvalue weighted by Gasteiger charge is 2.32. The first kappa shape index (κ1) is 22.1. The normalized spacial score (nSPS) is 15.6. The van der Waals surface area contributed by atoms with Gasteiger partial charge in [0.25, 0.3) is 0 Å². The third-order valence-electron chi connectivity index (χ3n) is 5.04. The molecule has 1 aliphatic rings. The molecule has 3 aromatic rings. The lowest BCUT2D eigenvalue weighted by Gasteiger charge is -2.14. The maximum absolute atomic E-state index is 14.9. The van der Waals surface area contributed by atoms with E-state index in [1.165, 1.54) is 17.9 Å². The van der Waals surface area contributed by atoms with E-state index >= 15 is 0 Å². The van der Waals surface area contributed by atoms with Crippen molar-refractivity contribution in [2.75, 3.05) is 18.0 Å². The minimum Gasteiger partial charge on any atom is -0.442 e. The standard InChI is InChI=1S/C24H23FN4O4/c1-17(30)26-13-21-15-29(24(31)33-21)20-7-8-23(22(25)11-20)28-10-9-19(14-28)12-27-32-16-18-5-3-2-4-6-18/h2-12,14,21H,13,15-16H2,1H3,(H,26,30)/t21-/m0/s1.